The van der Waals surface area contributed by atoms with Gasteiger partial charge >= 0.3 is 0 Å². The highest BCUT2D eigenvalue weighted by Crippen LogP contribution is 2.31. The van der Waals surface area contributed by atoms with Crippen molar-refractivity contribution < 1.29 is 18.0 Å². The SMILES string of the molecule is CN(CCc1ccccn1)C(=O)CN1CCC[C@H](NS(=O)(=O)c2cc3ccc(Cl)cc3s2)C1=O. The van der Waals surface area contributed by atoms with Gasteiger partial charge in [-0.05, 0) is 48.6 Å². The fraction of sp³-hybridized carbons (Fsp3) is 0.348. The third-order valence-electron chi connectivity index (χ3n) is 5.73. The van der Waals surface area contributed by atoms with E-state index in [1.54, 1.807) is 42.4 Å². The number of aromatic nitrogens is 1. The van der Waals surface area contributed by atoms with E-state index in [4.69, 9.17) is 11.6 Å². The van der Waals surface area contributed by atoms with E-state index in [2.05, 4.69) is 9.71 Å². The van der Waals surface area contributed by atoms with Gasteiger partial charge in [0.1, 0.15) is 10.3 Å². The largest absolute Gasteiger partial charge is 0.344 e. The summed E-state index contributed by atoms with van der Waals surface area (Å²) in [5.41, 5.74) is 0.883. The maximum atomic E-state index is 13.0. The van der Waals surface area contributed by atoms with Crippen molar-refractivity contribution in [3.8, 4) is 0 Å². The van der Waals surface area contributed by atoms with Gasteiger partial charge in [-0.2, -0.15) is 4.72 Å². The summed E-state index contributed by atoms with van der Waals surface area (Å²) in [6.45, 7) is 0.805. The van der Waals surface area contributed by atoms with E-state index < -0.39 is 16.1 Å². The van der Waals surface area contributed by atoms with Gasteiger partial charge in [0, 0.05) is 48.2 Å². The summed E-state index contributed by atoms with van der Waals surface area (Å²) >= 11 is 7.11. The van der Waals surface area contributed by atoms with Crippen molar-refractivity contribution in [2.24, 2.45) is 0 Å². The molecule has 1 aliphatic rings. The molecule has 1 fully saturated rings. The normalized spacial score (nSPS) is 16.7. The second-order valence-electron chi connectivity index (χ2n) is 8.21. The van der Waals surface area contributed by atoms with Crippen LogP contribution in [0.25, 0.3) is 10.1 Å². The van der Waals surface area contributed by atoms with Crippen LogP contribution >= 0.6 is 22.9 Å². The van der Waals surface area contributed by atoms with Crippen molar-refractivity contribution in [1.82, 2.24) is 19.5 Å². The highest BCUT2D eigenvalue weighted by molar-refractivity contribution is 7.91. The lowest BCUT2D eigenvalue weighted by atomic mass is 10.1. The zero-order valence-electron chi connectivity index (χ0n) is 18.6. The monoisotopic (exact) mass is 520 g/mol. The number of carbonyl (C=O) groups is 2. The maximum Gasteiger partial charge on any atom is 0.250 e. The van der Waals surface area contributed by atoms with E-state index in [0.717, 1.165) is 27.1 Å². The lowest BCUT2D eigenvalue weighted by molar-refractivity contribution is -0.142. The van der Waals surface area contributed by atoms with E-state index in [-0.39, 0.29) is 22.6 Å². The number of pyridine rings is 1. The molecule has 1 atom stereocenters. The van der Waals surface area contributed by atoms with Crippen LogP contribution in [0.3, 0.4) is 0 Å². The van der Waals surface area contributed by atoms with Gasteiger partial charge in [-0.3, -0.25) is 14.6 Å². The van der Waals surface area contributed by atoms with Crippen LogP contribution in [-0.2, 0) is 26.0 Å². The van der Waals surface area contributed by atoms with Crippen LogP contribution in [0.2, 0.25) is 5.02 Å². The van der Waals surface area contributed by atoms with Gasteiger partial charge in [-0.1, -0.05) is 23.7 Å². The van der Waals surface area contributed by atoms with Crippen LogP contribution in [0.15, 0.2) is 52.9 Å². The molecule has 0 radical (unpaired) electrons. The van der Waals surface area contributed by atoms with Crippen LogP contribution in [0.1, 0.15) is 18.5 Å². The van der Waals surface area contributed by atoms with Crippen molar-refractivity contribution in [2.45, 2.75) is 29.5 Å². The Bertz CT molecular complexity index is 1300. The third-order valence-corrected chi connectivity index (χ3v) is 9.01. The molecule has 11 heteroatoms. The molecule has 0 saturated carbocycles. The number of halogens is 1. The predicted molar refractivity (Wildman–Crippen MR) is 132 cm³/mol. The fourth-order valence-corrected chi connectivity index (χ4v) is 6.72. The molecule has 1 aliphatic heterocycles. The van der Waals surface area contributed by atoms with E-state index in [1.165, 1.54) is 4.90 Å². The number of piperidine rings is 1. The fourth-order valence-electron chi connectivity index (χ4n) is 3.80. The van der Waals surface area contributed by atoms with Gasteiger partial charge < -0.3 is 9.80 Å². The molecule has 2 amide bonds. The first-order valence-electron chi connectivity index (χ1n) is 10.9. The zero-order chi connectivity index (χ0) is 24.3. The molecule has 3 heterocycles. The standard InChI is InChI=1S/C23H25ClN4O4S2/c1-27(12-9-18-5-2-3-10-25-18)21(29)15-28-11-4-6-19(23(28)30)26-34(31,32)22-13-16-7-8-17(24)14-20(16)33-22/h2-3,5,7-8,10,13-14,19,26H,4,6,9,11-12,15H2,1H3/t19-/m0/s1. The van der Waals surface area contributed by atoms with Crippen LogP contribution < -0.4 is 4.72 Å². The number of benzene rings is 1. The molecule has 0 bridgehead atoms. The molecule has 8 nitrogen and oxygen atoms in total. The summed E-state index contributed by atoms with van der Waals surface area (Å²) in [4.78, 5) is 32.9. The summed E-state index contributed by atoms with van der Waals surface area (Å²) < 4.78 is 29.4. The van der Waals surface area contributed by atoms with Crippen LogP contribution in [-0.4, -0.2) is 67.7 Å². The van der Waals surface area contributed by atoms with Crippen molar-refractivity contribution >= 4 is 54.9 Å². The first-order chi connectivity index (χ1) is 16.2. The number of hydrogen-bond donors (Lipinski definition) is 1. The Hall–Kier alpha value is -2.53. The average Bonchev–Trinajstić information content (AvgIpc) is 3.25. The molecule has 34 heavy (non-hydrogen) atoms. The van der Waals surface area contributed by atoms with Gasteiger partial charge in [0.25, 0.3) is 10.0 Å². The van der Waals surface area contributed by atoms with Gasteiger partial charge in [-0.15, -0.1) is 11.3 Å². The Morgan fingerprint density at radius 3 is 2.88 bits per heavy atom. The summed E-state index contributed by atoms with van der Waals surface area (Å²) in [7, 11) is -2.21. The number of nitrogens with one attached hydrogen (secondary N) is 1. The summed E-state index contributed by atoms with van der Waals surface area (Å²) in [6.07, 6.45) is 3.30. The Kier molecular flexibility index (Phi) is 7.51. The Morgan fingerprint density at radius 1 is 1.29 bits per heavy atom. The quantitative estimate of drug-likeness (QED) is 0.492. The molecule has 1 N–H and O–H groups in total. The lowest BCUT2D eigenvalue weighted by Gasteiger charge is -2.33. The molecule has 0 spiro atoms. The number of amides is 2. The highest BCUT2D eigenvalue weighted by atomic mass is 35.5. The Labute approximate surface area is 207 Å². The van der Waals surface area contributed by atoms with Crippen LogP contribution in [0.5, 0.6) is 0 Å². The van der Waals surface area contributed by atoms with E-state index in [0.29, 0.717) is 37.4 Å². The minimum atomic E-state index is -3.90. The molecule has 0 unspecified atom stereocenters. The van der Waals surface area contributed by atoms with E-state index >= 15 is 0 Å². The first-order valence-corrected chi connectivity index (χ1v) is 13.5. The van der Waals surface area contributed by atoms with Crippen LogP contribution in [0, 0.1) is 0 Å². The Balaban J connectivity index is 1.37. The molecule has 0 aliphatic carbocycles. The van der Waals surface area contributed by atoms with Gasteiger partial charge in [-0.25, -0.2) is 8.42 Å². The number of fused-ring (bicyclic) bond motifs is 1. The first kappa shape index (κ1) is 24.6. The molecular weight excluding hydrogens is 496 g/mol. The minimum absolute atomic E-state index is 0.0861. The van der Waals surface area contributed by atoms with E-state index in [1.807, 2.05) is 18.2 Å². The minimum Gasteiger partial charge on any atom is -0.344 e. The lowest BCUT2D eigenvalue weighted by Crippen LogP contribution is -2.54. The van der Waals surface area contributed by atoms with Gasteiger partial charge in [0.2, 0.25) is 11.8 Å². The molecular formula is C23H25ClN4O4S2. The summed E-state index contributed by atoms with van der Waals surface area (Å²) in [6, 6.07) is 11.5. The number of hydrogen-bond acceptors (Lipinski definition) is 6. The van der Waals surface area contributed by atoms with Gasteiger partial charge in [0.15, 0.2) is 0 Å². The van der Waals surface area contributed by atoms with Crippen molar-refractivity contribution in [3.63, 3.8) is 0 Å². The number of sulfonamides is 1. The summed E-state index contributed by atoms with van der Waals surface area (Å²) in [5, 5.41) is 1.30. The van der Waals surface area contributed by atoms with Crippen molar-refractivity contribution in [2.75, 3.05) is 26.7 Å². The number of likely N-dealkylation sites (N-methyl/N-ethyl adjacent to an activating group) is 1. The topological polar surface area (TPSA) is 99.7 Å². The number of nitrogens with zero attached hydrogens (tertiary/aromatic N) is 3. The summed E-state index contributed by atoms with van der Waals surface area (Å²) in [5.74, 6) is -0.584. The molecule has 3 aromatic rings. The number of likely N-dealkylation sites (tertiary alicyclic amines) is 1. The number of rotatable bonds is 8. The third kappa shape index (κ3) is 5.75. The zero-order valence-corrected chi connectivity index (χ0v) is 21.0. The number of thiophene rings is 1. The second kappa shape index (κ2) is 10.4. The average molecular weight is 521 g/mol. The maximum absolute atomic E-state index is 13.0. The highest BCUT2D eigenvalue weighted by Gasteiger charge is 2.34. The molecule has 1 aromatic carbocycles. The Morgan fingerprint density at radius 2 is 2.12 bits per heavy atom. The predicted octanol–water partition coefficient (Wildman–Crippen LogP) is 2.92. The molecule has 2 aromatic heterocycles. The van der Waals surface area contributed by atoms with Crippen molar-refractivity contribution in [1.29, 1.82) is 0 Å². The molecule has 180 valence electrons. The molecule has 4 rings (SSSR count). The van der Waals surface area contributed by atoms with Gasteiger partial charge in [0.05, 0.1) is 6.54 Å². The van der Waals surface area contributed by atoms with E-state index in [9.17, 15) is 18.0 Å². The number of carbonyl (C=O) groups excluding carboxylic acids is 2. The van der Waals surface area contributed by atoms with Crippen LogP contribution in [0.4, 0.5) is 0 Å². The second-order valence-corrected chi connectivity index (χ2v) is 11.7. The molecule has 1 saturated heterocycles. The smallest absolute Gasteiger partial charge is 0.250 e. The van der Waals surface area contributed by atoms with Crippen molar-refractivity contribution in [3.05, 3.63) is 59.4 Å².